The molecular weight excluding hydrogens is 536 g/mol. The number of nitrogen functional groups attached to an aromatic ring is 1. The second kappa shape index (κ2) is 10.8. The zero-order valence-electron chi connectivity index (χ0n) is 21.1. The van der Waals surface area contributed by atoms with Crippen LogP contribution < -0.4 is 20.2 Å². The molecule has 208 valence electrons. The second-order valence-electron chi connectivity index (χ2n) is 8.89. The first-order valence-electron chi connectivity index (χ1n) is 11.6. The molecule has 39 heavy (non-hydrogen) atoms. The average molecular weight is 563 g/mol. The number of carbonyl (C=O) groups is 1. The van der Waals surface area contributed by atoms with Crippen LogP contribution in [0, 0.1) is 12.3 Å². The van der Waals surface area contributed by atoms with Gasteiger partial charge in [-0.1, -0.05) is 24.1 Å². The molecule has 3 heterocycles. The minimum atomic E-state index is -4.38. The molecule has 1 aromatic carbocycles. The summed E-state index contributed by atoms with van der Waals surface area (Å²) in [5.74, 6) is 0.961. The van der Waals surface area contributed by atoms with E-state index in [-0.39, 0.29) is 22.9 Å². The highest BCUT2D eigenvalue weighted by molar-refractivity contribution is 7.52. The molecule has 1 aliphatic heterocycles. The molecule has 1 saturated heterocycles. The molecule has 4 rings (SSSR count). The molecule has 3 aromatic rings. The minimum Gasteiger partial charge on any atom is -0.480 e. The van der Waals surface area contributed by atoms with E-state index in [0.717, 1.165) is 0 Å². The third-order valence-corrected chi connectivity index (χ3v) is 7.51. The molecule has 1 fully saturated rings. The van der Waals surface area contributed by atoms with Gasteiger partial charge in [-0.25, -0.2) is 13.9 Å². The van der Waals surface area contributed by atoms with Gasteiger partial charge in [0.1, 0.15) is 24.0 Å². The summed E-state index contributed by atoms with van der Waals surface area (Å²) in [6.45, 7) is 0.537. The maximum Gasteiger partial charge on any atom is 0.459 e. The standard InChI is InChI=1S/C23H27FN7O7P/c1-5-23(24)17(32)15(11-36-39(35,29-13(2)20(33)34)38-14-9-7-6-8-10-14)37-21(23)31-12-26-16-18(30(3)4)27-22(25)28-19(16)31/h1,6-10,12-13,15,17,21,32H,11H2,2-4H3,(H,29,35)(H,33,34)(H2,25,27,28)/t13-,15+,17+,21+,23+,39?/m0/s1. The van der Waals surface area contributed by atoms with Crippen molar-refractivity contribution in [3.05, 3.63) is 36.7 Å². The molecule has 14 nitrogen and oxygen atoms in total. The molecule has 1 unspecified atom stereocenters. The number of benzene rings is 1. The zero-order chi connectivity index (χ0) is 28.5. The van der Waals surface area contributed by atoms with Crippen molar-refractivity contribution in [2.45, 2.75) is 37.1 Å². The monoisotopic (exact) mass is 563 g/mol. The summed E-state index contributed by atoms with van der Waals surface area (Å²) < 4.78 is 47.4. The van der Waals surface area contributed by atoms with E-state index in [4.69, 9.17) is 25.9 Å². The van der Waals surface area contributed by atoms with Crippen LogP contribution in [0.4, 0.5) is 16.2 Å². The molecule has 2 aromatic heterocycles. The number of nitrogens with zero attached hydrogens (tertiary/aromatic N) is 5. The quantitative estimate of drug-likeness (QED) is 0.205. The van der Waals surface area contributed by atoms with Gasteiger partial charge in [0.15, 0.2) is 23.2 Å². The Bertz CT molecular complexity index is 1450. The first-order valence-corrected chi connectivity index (χ1v) is 13.1. The van der Waals surface area contributed by atoms with Gasteiger partial charge in [0.25, 0.3) is 0 Å². The highest BCUT2D eigenvalue weighted by Crippen LogP contribution is 2.48. The Hall–Kier alpha value is -3.80. The van der Waals surface area contributed by atoms with Crippen molar-refractivity contribution in [1.82, 2.24) is 24.6 Å². The summed E-state index contributed by atoms with van der Waals surface area (Å²) >= 11 is 0. The van der Waals surface area contributed by atoms with Crippen molar-refractivity contribution >= 4 is 36.6 Å². The van der Waals surface area contributed by atoms with Crippen LogP contribution in [-0.4, -0.2) is 80.3 Å². The summed E-state index contributed by atoms with van der Waals surface area (Å²) in [5.41, 5.74) is 3.41. The number of fused-ring (bicyclic) bond motifs is 1. The molecule has 0 aliphatic carbocycles. The van der Waals surface area contributed by atoms with Crippen molar-refractivity contribution < 1.29 is 37.7 Å². The van der Waals surface area contributed by atoms with Gasteiger partial charge in [0.2, 0.25) is 11.6 Å². The Balaban J connectivity index is 1.63. The maximum absolute atomic E-state index is 16.1. The number of terminal acetylenes is 1. The number of ether oxygens (including phenoxy) is 1. The Morgan fingerprint density at radius 2 is 2.10 bits per heavy atom. The predicted octanol–water partition coefficient (Wildman–Crippen LogP) is 1.34. The summed E-state index contributed by atoms with van der Waals surface area (Å²) in [6.07, 6.45) is 1.65. The Morgan fingerprint density at radius 3 is 2.72 bits per heavy atom. The van der Waals surface area contributed by atoms with Crippen molar-refractivity contribution in [3.63, 3.8) is 0 Å². The lowest BCUT2D eigenvalue weighted by atomic mass is 9.97. The van der Waals surface area contributed by atoms with Crippen molar-refractivity contribution in [3.8, 4) is 18.1 Å². The van der Waals surface area contributed by atoms with Gasteiger partial charge in [-0.05, 0) is 19.1 Å². The van der Waals surface area contributed by atoms with E-state index < -0.39 is 50.5 Å². The van der Waals surface area contributed by atoms with E-state index in [2.05, 4.69) is 20.0 Å². The third kappa shape index (κ3) is 5.51. The van der Waals surface area contributed by atoms with Crippen LogP contribution in [-0.2, 0) is 18.6 Å². The number of alkyl halides is 1. The number of nitrogens with one attached hydrogen (secondary N) is 1. The van der Waals surface area contributed by atoms with E-state index in [1.54, 1.807) is 37.2 Å². The molecule has 0 radical (unpaired) electrons. The van der Waals surface area contributed by atoms with Gasteiger partial charge in [-0.15, -0.1) is 6.42 Å². The number of carboxylic acids is 1. The molecule has 0 saturated carbocycles. The fourth-order valence-corrected chi connectivity index (χ4v) is 5.39. The lowest BCUT2D eigenvalue weighted by Gasteiger charge is -2.24. The number of hydrogen-bond acceptors (Lipinski definition) is 11. The number of carboxylic acid groups (broad SMARTS) is 1. The fraction of sp³-hybridized carbons (Fsp3) is 0.391. The molecule has 0 amide bonds. The second-order valence-corrected chi connectivity index (χ2v) is 10.6. The predicted molar refractivity (Wildman–Crippen MR) is 138 cm³/mol. The molecule has 1 aliphatic rings. The number of hydrogen-bond donors (Lipinski definition) is 4. The van der Waals surface area contributed by atoms with Crippen LogP contribution in [0.25, 0.3) is 11.2 Å². The number of rotatable bonds is 10. The van der Waals surface area contributed by atoms with Gasteiger partial charge < -0.3 is 30.1 Å². The minimum absolute atomic E-state index is 0.0947. The molecular formula is C23H27FN7O7P. The fourth-order valence-electron chi connectivity index (χ4n) is 3.89. The number of halogens is 1. The van der Waals surface area contributed by atoms with Crippen LogP contribution in [0.2, 0.25) is 0 Å². The zero-order valence-corrected chi connectivity index (χ0v) is 22.0. The number of aliphatic hydroxyl groups excluding tert-OH is 1. The van der Waals surface area contributed by atoms with Gasteiger partial charge in [-0.3, -0.25) is 13.9 Å². The molecule has 6 atom stereocenters. The van der Waals surface area contributed by atoms with E-state index in [9.17, 15) is 19.6 Å². The molecule has 16 heteroatoms. The van der Waals surface area contributed by atoms with Gasteiger partial charge in [0.05, 0.1) is 12.9 Å². The summed E-state index contributed by atoms with van der Waals surface area (Å²) in [4.78, 5) is 25.5. The van der Waals surface area contributed by atoms with Crippen LogP contribution in [0.3, 0.4) is 0 Å². The lowest BCUT2D eigenvalue weighted by Crippen LogP contribution is -2.42. The number of anilines is 2. The number of aliphatic carboxylic acids is 1. The third-order valence-electron chi connectivity index (χ3n) is 5.86. The summed E-state index contributed by atoms with van der Waals surface area (Å²) in [7, 11) is -0.966. The summed E-state index contributed by atoms with van der Waals surface area (Å²) in [5, 5.41) is 22.4. The SMILES string of the molecule is C#C[C@@]1(F)[C@H](O)[C@@H](COP(=O)(N[C@@H](C)C(=O)O)Oc2ccccc2)O[C@H]1n1cnc2c(N(C)C)nc(N)nc21. The van der Waals surface area contributed by atoms with Crippen LogP contribution in [0.15, 0.2) is 36.7 Å². The van der Waals surface area contributed by atoms with Crippen LogP contribution >= 0.6 is 7.75 Å². The summed E-state index contributed by atoms with van der Waals surface area (Å²) in [6, 6.07) is 6.50. The number of aromatic nitrogens is 4. The van der Waals surface area contributed by atoms with Crippen molar-refractivity contribution in [2.75, 3.05) is 31.3 Å². The van der Waals surface area contributed by atoms with Crippen LogP contribution in [0.1, 0.15) is 13.2 Å². The average Bonchev–Trinajstić information content (AvgIpc) is 3.41. The van der Waals surface area contributed by atoms with Crippen molar-refractivity contribution in [2.24, 2.45) is 0 Å². The molecule has 0 bridgehead atoms. The lowest BCUT2D eigenvalue weighted by molar-refractivity contribution is -0.138. The smallest absolute Gasteiger partial charge is 0.459 e. The van der Waals surface area contributed by atoms with E-state index >= 15 is 4.39 Å². The highest BCUT2D eigenvalue weighted by Gasteiger charge is 2.58. The first kappa shape index (κ1) is 28.2. The van der Waals surface area contributed by atoms with Crippen LogP contribution in [0.5, 0.6) is 5.75 Å². The molecule has 0 spiro atoms. The number of para-hydroxylation sites is 1. The van der Waals surface area contributed by atoms with E-state index in [1.165, 1.54) is 30.0 Å². The molecule has 5 N–H and O–H groups in total. The Morgan fingerprint density at radius 1 is 1.41 bits per heavy atom. The van der Waals surface area contributed by atoms with Crippen molar-refractivity contribution in [1.29, 1.82) is 0 Å². The van der Waals surface area contributed by atoms with Gasteiger partial charge in [-0.2, -0.15) is 15.1 Å². The van der Waals surface area contributed by atoms with E-state index in [0.29, 0.717) is 5.82 Å². The number of nitrogens with two attached hydrogens (primary N) is 1. The Labute approximate surface area is 222 Å². The maximum atomic E-state index is 16.1. The number of imidazole rings is 1. The first-order chi connectivity index (χ1) is 18.4. The van der Waals surface area contributed by atoms with Gasteiger partial charge in [0, 0.05) is 14.1 Å². The van der Waals surface area contributed by atoms with E-state index in [1.807, 2.05) is 5.92 Å². The number of aliphatic hydroxyl groups is 1. The highest BCUT2D eigenvalue weighted by atomic mass is 31.2. The largest absolute Gasteiger partial charge is 0.480 e. The Kier molecular flexibility index (Phi) is 7.78. The normalized spacial score (nSPS) is 25.1. The van der Waals surface area contributed by atoms with Gasteiger partial charge >= 0.3 is 13.7 Å². The topological polar surface area (TPSA) is 187 Å².